The molecule has 2 aliphatic carbocycles. The first-order valence-electron chi connectivity index (χ1n) is 14.1. The summed E-state index contributed by atoms with van der Waals surface area (Å²) >= 11 is 9.75. The van der Waals surface area contributed by atoms with Crippen molar-refractivity contribution in [1.82, 2.24) is 5.06 Å². The number of carbonyl (C=O) groups excluding carboxylic acids is 4. The number of amides is 4. The number of benzene rings is 3. The molecule has 3 aromatic carbocycles. The van der Waals surface area contributed by atoms with Gasteiger partial charge in [0.25, 0.3) is 11.8 Å². The van der Waals surface area contributed by atoms with E-state index in [0.29, 0.717) is 26.3 Å². The molecule has 7 rings (SSSR count). The number of aromatic hydroxyl groups is 1. The molecule has 224 valence electrons. The van der Waals surface area contributed by atoms with Gasteiger partial charge in [-0.3, -0.25) is 24.4 Å². The van der Waals surface area contributed by atoms with Crippen LogP contribution in [0.3, 0.4) is 0 Å². The van der Waals surface area contributed by atoms with Gasteiger partial charge < -0.3 is 9.84 Å². The number of halogens is 2. The molecule has 0 aromatic heterocycles. The van der Waals surface area contributed by atoms with Crippen LogP contribution in [0.25, 0.3) is 0 Å². The number of methoxy groups -OCH3 is 1. The van der Waals surface area contributed by atoms with Crippen molar-refractivity contribution in [2.45, 2.75) is 24.2 Å². The minimum atomic E-state index is -1.47. The summed E-state index contributed by atoms with van der Waals surface area (Å²) in [5, 5.41) is 21.6. The first kappa shape index (κ1) is 28.8. The third-order valence-electron chi connectivity index (χ3n) is 9.75. The van der Waals surface area contributed by atoms with Crippen LogP contribution >= 0.6 is 27.5 Å². The van der Waals surface area contributed by atoms with Crippen LogP contribution in [0.4, 0.5) is 5.69 Å². The number of hydroxylamine groups is 2. The summed E-state index contributed by atoms with van der Waals surface area (Å²) in [5.74, 6) is -6.31. The molecular formula is C33H26BrClN2O7. The molecular weight excluding hydrogens is 652 g/mol. The second-order valence-corrected chi connectivity index (χ2v) is 12.9. The molecule has 0 bridgehead atoms. The van der Waals surface area contributed by atoms with E-state index in [1.54, 1.807) is 36.4 Å². The van der Waals surface area contributed by atoms with E-state index < -0.39 is 58.6 Å². The van der Waals surface area contributed by atoms with Gasteiger partial charge in [-0.2, -0.15) is 5.06 Å². The molecule has 0 radical (unpaired) electrons. The number of rotatable bonds is 4. The topological polar surface area (TPSA) is 124 Å². The van der Waals surface area contributed by atoms with Crippen LogP contribution in [0.2, 0.25) is 5.02 Å². The Morgan fingerprint density at radius 3 is 2.41 bits per heavy atom. The van der Waals surface area contributed by atoms with Gasteiger partial charge in [0.1, 0.15) is 0 Å². The van der Waals surface area contributed by atoms with Gasteiger partial charge in [-0.25, -0.2) is 4.90 Å². The molecule has 3 aromatic rings. The van der Waals surface area contributed by atoms with E-state index in [1.165, 1.54) is 12.0 Å². The number of hydrogen-bond donors (Lipinski definition) is 2. The zero-order valence-electron chi connectivity index (χ0n) is 23.3. The summed E-state index contributed by atoms with van der Waals surface area (Å²) in [6.07, 6.45) is 2.17. The largest absolute Gasteiger partial charge is 0.503 e. The maximum atomic E-state index is 15.1. The smallest absolute Gasteiger partial charge is 0.257 e. The quantitative estimate of drug-likeness (QED) is 0.216. The van der Waals surface area contributed by atoms with Crippen molar-refractivity contribution in [2.75, 3.05) is 12.0 Å². The Bertz CT molecular complexity index is 1800. The third-order valence-corrected chi connectivity index (χ3v) is 10.6. The van der Waals surface area contributed by atoms with Crippen molar-refractivity contribution >= 4 is 56.8 Å². The van der Waals surface area contributed by atoms with Crippen LogP contribution in [0.1, 0.15) is 29.9 Å². The van der Waals surface area contributed by atoms with Crippen LogP contribution in [-0.4, -0.2) is 46.1 Å². The maximum absolute atomic E-state index is 15.1. The molecule has 0 spiro atoms. The van der Waals surface area contributed by atoms with Gasteiger partial charge in [0.2, 0.25) is 11.8 Å². The molecule has 2 saturated heterocycles. The van der Waals surface area contributed by atoms with Crippen molar-refractivity contribution in [3.8, 4) is 11.5 Å². The average molecular weight is 678 g/mol. The lowest BCUT2D eigenvalue weighted by Crippen LogP contribution is -2.53. The van der Waals surface area contributed by atoms with E-state index in [9.17, 15) is 24.7 Å². The van der Waals surface area contributed by atoms with Crippen molar-refractivity contribution in [3.05, 3.63) is 99.0 Å². The molecule has 9 nitrogen and oxygen atoms in total. The number of anilines is 1. The van der Waals surface area contributed by atoms with Crippen LogP contribution < -0.4 is 9.64 Å². The number of allylic oxidation sites excluding steroid dienone is 2. The second kappa shape index (κ2) is 10.3. The molecule has 1 saturated carbocycles. The minimum Gasteiger partial charge on any atom is -0.503 e. The van der Waals surface area contributed by atoms with Gasteiger partial charge in [0.15, 0.2) is 11.5 Å². The fourth-order valence-electron chi connectivity index (χ4n) is 8.02. The Morgan fingerprint density at radius 2 is 1.70 bits per heavy atom. The SMILES string of the molecule is COc1cc([C@H]2C3=CC[C@@H]4C(=O)N(O)C(=O)[C@@H]4[C@@H]3C[C@H]3C(=O)N(c4cccc(Cl)c4)C(=O)[C@@]23c2ccccc2)cc(Br)c1O. The lowest BCUT2D eigenvalue weighted by atomic mass is 9.49. The highest BCUT2D eigenvalue weighted by Crippen LogP contribution is 2.65. The Kier molecular flexibility index (Phi) is 6.73. The van der Waals surface area contributed by atoms with Gasteiger partial charge >= 0.3 is 0 Å². The number of nitrogens with zero attached hydrogens (tertiary/aromatic N) is 2. The van der Waals surface area contributed by atoms with Crippen molar-refractivity contribution in [2.24, 2.45) is 23.7 Å². The van der Waals surface area contributed by atoms with Gasteiger partial charge in [0.05, 0.1) is 40.4 Å². The molecule has 3 fully saturated rings. The standard InChI is InChI=1S/C33H26BrClN2O7/c1-44-25-13-16(12-24(34)28(25)38)27-20-10-11-21-26(31(41)37(43)29(21)39)22(20)15-23-30(40)36(19-9-5-8-18(35)14-19)32(42)33(23,27)17-6-3-2-4-7-17/h2-10,12-14,21-23,26-27,38,43H,11,15H2,1H3/t21-,22+,23-,26-,27-,33+/m0/s1. The monoisotopic (exact) mass is 676 g/mol. The van der Waals surface area contributed by atoms with Crippen LogP contribution in [0, 0.1) is 23.7 Å². The van der Waals surface area contributed by atoms with E-state index in [2.05, 4.69) is 15.9 Å². The van der Waals surface area contributed by atoms with Crippen molar-refractivity contribution < 1.29 is 34.2 Å². The summed E-state index contributed by atoms with van der Waals surface area (Å²) in [7, 11) is 1.42. The average Bonchev–Trinajstić information content (AvgIpc) is 3.39. The Hall–Kier alpha value is -3.99. The first-order valence-corrected chi connectivity index (χ1v) is 15.3. The minimum absolute atomic E-state index is 0.100. The highest BCUT2D eigenvalue weighted by Gasteiger charge is 2.70. The Balaban J connectivity index is 1.54. The van der Waals surface area contributed by atoms with E-state index in [4.69, 9.17) is 16.3 Å². The zero-order valence-corrected chi connectivity index (χ0v) is 25.7. The fraction of sp³-hybridized carbons (Fsp3) is 0.273. The van der Waals surface area contributed by atoms with Gasteiger partial charge in [-0.15, -0.1) is 0 Å². The van der Waals surface area contributed by atoms with Crippen molar-refractivity contribution in [1.29, 1.82) is 0 Å². The Morgan fingerprint density at radius 1 is 0.955 bits per heavy atom. The summed E-state index contributed by atoms with van der Waals surface area (Å²) < 4.78 is 5.81. The van der Waals surface area contributed by atoms with Gasteiger partial charge in [-0.05, 0) is 76.1 Å². The molecule has 2 heterocycles. The molecule has 2 N–H and O–H groups in total. The van der Waals surface area contributed by atoms with Gasteiger partial charge in [0, 0.05) is 10.9 Å². The molecule has 11 heteroatoms. The number of phenols is 1. The highest BCUT2D eigenvalue weighted by atomic mass is 79.9. The summed E-state index contributed by atoms with van der Waals surface area (Å²) in [4.78, 5) is 57.1. The first-order chi connectivity index (χ1) is 21.1. The van der Waals surface area contributed by atoms with E-state index >= 15 is 4.79 Å². The van der Waals surface area contributed by atoms with Crippen LogP contribution in [0.15, 0.2) is 82.9 Å². The van der Waals surface area contributed by atoms with Crippen molar-refractivity contribution in [3.63, 3.8) is 0 Å². The Labute approximate surface area is 265 Å². The number of imide groups is 2. The third kappa shape index (κ3) is 3.80. The van der Waals surface area contributed by atoms with E-state index in [0.717, 1.165) is 5.57 Å². The molecule has 2 aliphatic heterocycles. The molecule has 6 atom stereocenters. The number of hydrogen-bond acceptors (Lipinski definition) is 7. The molecule has 4 aliphatic rings. The number of phenolic OH excluding ortho intramolecular Hbond substituents is 1. The molecule has 4 amide bonds. The normalized spacial score (nSPS) is 29.4. The predicted molar refractivity (Wildman–Crippen MR) is 162 cm³/mol. The summed E-state index contributed by atoms with van der Waals surface area (Å²) in [6.45, 7) is 0. The number of ether oxygens (including phenoxy) is 1. The van der Waals surface area contributed by atoms with Gasteiger partial charge in [-0.1, -0.05) is 59.6 Å². The zero-order chi connectivity index (χ0) is 31.1. The number of carbonyl (C=O) groups is 4. The lowest BCUT2D eigenvalue weighted by molar-refractivity contribution is -0.173. The highest BCUT2D eigenvalue weighted by molar-refractivity contribution is 9.10. The summed E-state index contributed by atoms with van der Waals surface area (Å²) in [6, 6.07) is 19.0. The number of fused-ring (bicyclic) bond motifs is 4. The van der Waals surface area contributed by atoms with E-state index in [1.807, 2.05) is 36.4 Å². The molecule has 0 unspecified atom stereocenters. The second-order valence-electron chi connectivity index (χ2n) is 11.6. The van der Waals surface area contributed by atoms with E-state index in [-0.39, 0.29) is 29.4 Å². The predicted octanol–water partition coefficient (Wildman–Crippen LogP) is 5.37. The maximum Gasteiger partial charge on any atom is 0.257 e. The lowest BCUT2D eigenvalue weighted by Gasteiger charge is -2.50. The fourth-order valence-corrected chi connectivity index (χ4v) is 8.66. The molecule has 44 heavy (non-hydrogen) atoms. The summed E-state index contributed by atoms with van der Waals surface area (Å²) in [5.41, 5.74) is 0.754. The van der Waals surface area contributed by atoms with Crippen LogP contribution in [-0.2, 0) is 24.6 Å². The van der Waals surface area contributed by atoms with Crippen LogP contribution in [0.5, 0.6) is 11.5 Å².